The monoisotopic (exact) mass is 238 g/mol. The molecule has 0 saturated heterocycles. The van der Waals surface area contributed by atoms with Gasteiger partial charge in [0.1, 0.15) is 11.5 Å². The second kappa shape index (κ2) is 6.75. The van der Waals surface area contributed by atoms with Gasteiger partial charge in [-0.1, -0.05) is 0 Å². The van der Waals surface area contributed by atoms with Crippen LogP contribution in [0.15, 0.2) is 24.3 Å². The molecule has 17 heavy (non-hydrogen) atoms. The summed E-state index contributed by atoms with van der Waals surface area (Å²) in [5.74, 6) is 1.17. The van der Waals surface area contributed by atoms with E-state index < -0.39 is 0 Å². The molecule has 0 heterocycles. The minimum Gasteiger partial charge on any atom is -0.497 e. The van der Waals surface area contributed by atoms with Crippen LogP contribution in [-0.4, -0.2) is 25.7 Å². The van der Waals surface area contributed by atoms with Gasteiger partial charge in [-0.15, -0.1) is 0 Å². The zero-order chi connectivity index (χ0) is 12.7. The molecule has 0 aliphatic rings. The number of methoxy groups -OCH3 is 1. The van der Waals surface area contributed by atoms with Crippen molar-refractivity contribution >= 4 is 5.91 Å². The number of rotatable bonds is 6. The number of amides is 1. The fourth-order valence-corrected chi connectivity index (χ4v) is 1.08. The van der Waals surface area contributed by atoms with Crippen molar-refractivity contribution in [1.82, 2.24) is 10.9 Å². The van der Waals surface area contributed by atoms with Gasteiger partial charge in [-0.05, 0) is 38.1 Å². The Bertz CT molecular complexity index is 349. The van der Waals surface area contributed by atoms with E-state index in [-0.39, 0.29) is 18.6 Å². The van der Waals surface area contributed by atoms with Gasteiger partial charge in [0.05, 0.1) is 7.11 Å². The van der Waals surface area contributed by atoms with Crippen molar-refractivity contribution in [3.63, 3.8) is 0 Å². The Morgan fingerprint density at radius 1 is 1.24 bits per heavy atom. The number of nitrogens with one attached hydrogen (secondary N) is 2. The SMILES string of the molecule is COc1ccc(OCC(=O)NNC(C)C)cc1. The van der Waals surface area contributed by atoms with Gasteiger partial charge < -0.3 is 9.47 Å². The van der Waals surface area contributed by atoms with Crippen LogP contribution in [0.4, 0.5) is 0 Å². The van der Waals surface area contributed by atoms with Gasteiger partial charge in [0.2, 0.25) is 0 Å². The number of hydrazine groups is 1. The molecule has 0 aliphatic carbocycles. The molecule has 5 heteroatoms. The fourth-order valence-electron chi connectivity index (χ4n) is 1.08. The van der Waals surface area contributed by atoms with Gasteiger partial charge in [-0.3, -0.25) is 10.2 Å². The first kappa shape index (κ1) is 13.3. The highest BCUT2D eigenvalue weighted by molar-refractivity contribution is 5.76. The van der Waals surface area contributed by atoms with Crippen LogP contribution in [0.1, 0.15) is 13.8 Å². The first-order valence-corrected chi connectivity index (χ1v) is 5.43. The summed E-state index contributed by atoms with van der Waals surface area (Å²) < 4.78 is 10.3. The minimum absolute atomic E-state index is 0.0218. The average molecular weight is 238 g/mol. The summed E-state index contributed by atoms with van der Waals surface area (Å²) in [5, 5.41) is 0. The molecule has 0 aliphatic heterocycles. The highest BCUT2D eigenvalue weighted by Gasteiger charge is 2.02. The molecule has 0 fully saturated rings. The van der Waals surface area contributed by atoms with Gasteiger partial charge in [-0.2, -0.15) is 0 Å². The van der Waals surface area contributed by atoms with Crippen molar-refractivity contribution in [2.45, 2.75) is 19.9 Å². The van der Waals surface area contributed by atoms with E-state index in [1.807, 2.05) is 13.8 Å². The number of hydrogen-bond acceptors (Lipinski definition) is 4. The van der Waals surface area contributed by atoms with E-state index in [0.717, 1.165) is 5.75 Å². The predicted molar refractivity (Wildman–Crippen MR) is 64.9 cm³/mol. The lowest BCUT2D eigenvalue weighted by Crippen LogP contribution is -2.43. The highest BCUT2D eigenvalue weighted by atomic mass is 16.5. The number of carbonyl (C=O) groups is 1. The molecule has 1 rings (SSSR count). The van der Waals surface area contributed by atoms with Crippen LogP contribution >= 0.6 is 0 Å². The van der Waals surface area contributed by atoms with Crippen molar-refractivity contribution in [3.8, 4) is 11.5 Å². The Labute approximate surface area is 101 Å². The van der Waals surface area contributed by atoms with E-state index in [2.05, 4.69) is 10.9 Å². The number of ether oxygens (including phenoxy) is 2. The Hall–Kier alpha value is -1.75. The van der Waals surface area contributed by atoms with Crippen LogP contribution in [0.5, 0.6) is 11.5 Å². The number of benzene rings is 1. The third-order valence-corrected chi connectivity index (χ3v) is 1.93. The summed E-state index contributed by atoms with van der Waals surface area (Å²) in [4.78, 5) is 11.3. The van der Waals surface area contributed by atoms with E-state index in [1.165, 1.54) is 0 Å². The lowest BCUT2D eigenvalue weighted by atomic mass is 10.3. The van der Waals surface area contributed by atoms with Gasteiger partial charge in [0, 0.05) is 6.04 Å². The molecule has 1 aromatic rings. The maximum absolute atomic E-state index is 11.3. The van der Waals surface area contributed by atoms with Crippen LogP contribution in [0, 0.1) is 0 Å². The summed E-state index contributed by atoms with van der Waals surface area (Å²) in [6.07, 6.45) is 0. The van der Waals surface area contributed by atoms with Crippen LogP contribution in [-0.2, 0) is 4.79 Å². The normalized spacial score (nSPS) is 10.1. The minimum atomic E-state index is -0.213. The average Bonchev–Trinajstić information content (AvgIpc) is 2.34. The standard InChI is InChI=1S/C12H18N2O3/c1-9(2)13-14-12(15)8-17-11-6-4-10(16-3)5-7-11/h4-7,9,13H,8H2,1-3H3,(H,14,15). The fraction of sp³-hybridized carbons (Fsp3) is 0.417. The molecular weight excluding hydrogens is 220 g/mol. The molecule has 0 aromatic heterocycles. The van der Waals surface area contributed by atoms with E-state index in [0.29, 0.717) is 5.75 Å². The maximum Gasteiger partial charge on any atom is 0.271 e. The Kier molecular flexibility index (Phi) is 5.29. The number of carbonyl (C=O) groups excluding carboxylic acids is 1. The molecule has 5 nitrogen and oxygen atoms in total. The molecule has 0 atom stereocenters. The van der Waals surface area contributed by atoms with E-state index >= 15 is 0 Å². The van der Waals surface area contributed by atoms with Gasteiger partial charge >= 0.3 is 0 Å². The van der Waals surface area contributed by atoms with E-state index in [1.54, 1.807) is 31.4 Å². The van der Waals surface area contributed by atoms with Crippen molar-refractivity contribution < 1.29 is 14.3 Å². The van der Waals surface area contributed by atoms with Gasteiger partial charge in [-0.25, -0.2) is 5.43 Å². The molecule has 0 bridgehead atoms. The highest BCUT2D eigenvalue weighted by Crippen LogP contribution is 2.16. The Morgan fingerprint density at radius 3 is 2.35 bits per heavy atom. The van der Waals surface area contributed by atoms with Gasteiger partial charge in [0.15, 0.2) is 6.61 Å². The second-order valence-electron chi connectivity index (χ2n) is 3.81. The molecule has 1 amide bonds. The summed E-state index contributed by atoms with van der Waals surface area (Å²) in [5.41, 5.74) is 5.34. The van der Waals surface area contributed by atoms with Crippen LogP contribution in [0.3, 0.4) is 0 Å². The van der Waals surface area contributed by atoms with E-state index in [4.69, 9.17) is 9.47 Å². The summed E-state index contributed by atoms with van der Waals surface area (Å²) in [6, 6.07) is 7.25. The first-order chi connectivity index (χ1) is 8.11. The Morgan fingerprint density at radius 2 is 1.82 bits per heavy atom. The lowest BCUT2D eigenvalue weighted by molar-refractivity contribution is -0.124. The van der Waals surface area contributed by atoms with Crippen molar-refractivity contribution in [3.05, 3.63) is 24.3 Å². The summed E-state index contributed by atoms with van der Waals surface area (Å²) in [6.45, 7) is 3.85. The smallest absolute Gasteiger partial charge is 0.271 e. The third kappa shape index (κ3) is 5.21. The number of hydrogen-bond donors (Lipinski definition) is 2. The topological polar surface area (TPSA) is 59.6 Å². The van der Waals surface area contributed by atoms with Crippen molar-refractivity contribution in [1.29, 1.82) is 0 Å². The Balaban J connectivity index is 2.31. The summed E-state index contributed by atoms with van der Waals surface area (Å²) in [7, 11) is 1.60. The van der Waals surface area contributed by atoms with Gasteiger partial charge in [0.25, 0.3) is 5.91 Å². The zero-order valence-corrected chi connectivity index (χ0v) is 10.3. The molecule has 0 saturated carbocycles. The molecule has 2 N–H and O–H groups in total. The van der Waals surface area contributed by atoms with E-state index in [9.17, 15) is 4.79 Å². The zero-order valence-electron chi connectivity index (χ0n) is 10.3. The molecule has 0 spiro atoms. The maximum atomic E-state index is 11.3. The lowest BCUT2D eigenvalue weighted by Gasteiger charge is -2.10. The second-order valence-corrected chi connectivity index (χ2v) is 3.81. The van der Waals surface area contributed by atoms with Crippen LogP contribution in [0.25, 0.3) is 0 Å². The quantitative estimate of drug-likeness (QED) is 0.729. The van der Waals surface area contributed by atoms with Crippen molar-refractivity contribution in [2.75, 3.05) is 13.7 Å². The molecule has 0 unspecified atom stereocenters. The van der Waals surface area contributed by atoms with Crippen molar-refractivity contribution in [2.24, 2.45) is 0 Å². The third-order valence-electron chi connectivity index (χ3n) is 1.93. The summed E-state index contributed by atoms with van der Waals surface area (Å²) >= 11 is 0. The predicted octanol–water partition coefficient (Wildman–Crippen LogP) is 1.10. The molecule has 0 radical (unpaired) electrons. The first-order valence-electron chi connectivity index (χ1n) is 5.43. The van der Waals surface area contributed by atoms with Crippen LogP contribution < -0.4 is 20.3 Å². The molecule has 1 aromatic carbocycles. The van der Waals surface area contributed by atoms with Crippen LogP contribution in [0.2, 0.25) is 0 Å². The largest absolute Gasteiger partial charge is 0.497 e. The molecule has 94 valence electrons. The molecular formula is C12H18N2O3.